The Labute approximate surface area is 170 Å². The van der Waals surface area contributed by atoms with Crippen LogP contribution in [0.2, 0.25) is 0 Å². The van der Waals surface area contributed by atoms with E-state index in [1.54, 1.807) is 14.2 Å². The average molecular weight is 414 g/mol. The van der Waals surface area contributed by atoms with Gasteiger partial charge in [0, 0.05) is 5.75 Å². The standard InChI is InChI=1S/C18H18N6O4S/c1-10-7-8-13(28-10)16-21-23-18(29-9-14-19-17(25)22-20-14)24(16)15-11(26-2)5-4-6-12(15)27-3/h4-8,14H,9H2,1-3H3,(H,19,25). The summed E-state index contributed by atoms with van der Waals surface area (Å²) in [6.07, 6.45) is -0.425. The van der Waals surface area contributed by atoms with Gasteiger partial charge in [-0.15, -0.1) is 10.2 Å². The quantitative estimate of drug-likeness (QED) is 0.589. The summed E-state index contributed by atoms with van der Waals surface area (Å²) in [7, 11) is 3.17. The molecule has 1 unspecified atom stereocenters. The molecule has 150 valence electrons. The lowest BCUT2D eigenvalue weighted by Gasteiger charge is -2.16. The van der Waals surface area contributed by atoms with Crippen LogP contribution in [-0.2, 0) is 0 Å². The normalized spacial score (nSPS) is 15.6. The van der Waals surface area contributed by atoms with Gasteiger partial charge >= 0.3 is 6.03 Å². The minimum absolute atomic E-state index is 0.425. The lowest BCUT2D eigenvalue weighted by Crippen LogP contribution is -2.27. The van der Waals surface area contributed by atoms with E-state index in [2.05, 4.69) is 25.7 Å². The first-order chi connectivity index (χ1) is 14.1. The van der Waals surface area contributed by atoms with Crippen LogP contribution in [0.5, 0.6) is 11.5 Å². The SMILES string of the molecule is COc1cccc(OC)c1-n1c(SCC2N=NC(=O)N2)nnc1-c1ccc(C)o1. The summed E-state index contributed by atoms with van der Waals surface area (Å²) in [6.45, 7) is 1.86. The van der Waals surface area contributed by atoms with Gasteiger partial charge in [-0.05, 0) is 31.2 Å². The van der Waals surface area contributed by atoms with Crippen molar-refractivity contribution >= 4 is 17.8 Å². The second-order valence-corrected chi connectivity index (χ2v) is 7.04. The van der Waals surface area contributed by atoms with E-state index in [0.717, 1.165) is 5.76 Å². The minimum Gasteiger partial charge on any atom is -0.494 e. The van der Waals surface area contributed by atoms with E-state index in [1.807, 2.05) is 41.8 Å². The molecule has 0 spiro atoms. The number of nitrogens with zero attached hydrogens (tertiary/aromatic N) is 5. The molecule has 3 heterocycles. The Morgan fingerprint density at radius 1 is 1.17 bits per heavy atom. The van der Waals surface area contributed by atoms with Gasteiger partial charge in [-0.3, -0.25) is 4.57 Å². The van der Waals surface area contributed by atoms with E-state index in [9.17, 15) is 4.79 Å². The van der Waals surface area contributed by atoms with Gasteiger partial charge in [0.15, 0.2) is 17.1 Å². The number of carbonyl (C=O) groups is 1. The molecule has 1 atom stereocenters. The highest BCUT2D eigenvalue weighted by Gasteiger charge is 2.26. The Hall–Kier alpha value is -3.34. The number of para-hydroxylation sites is 1. The first kappa shape index (κ1) is 19.0. The number of nitrogens with one attached hydrogen (secondary N) is 1. The topological polar surface area (TPSA) is 116 Å². The smallest absolute Gasteiger partial charge is 0.361 e. The summed E-state index contributed by atoms with van der Waals surface area (Å²) in [5.41, 5.74) is 0.645. The summed E-state index contributed by atoms with van der Waals surface area (Å²) in [5, 5.41) is 19.2. The van der Waals surface area contributed by atoms with Gasteiger partial charge in [-0.2, -0.15) is 5.11 Å². The fraction of sp³-hybridized carbons (Fsp3) is 0.278. The monoisotopic (exact) mass is 414 g/mol. The number of furan rings is 1. The highest BCUT2D eigenvalue weighted by molar-refractivity contribution is 7.99. The maximum atomic E-state index is 11.3. The molecule has 4 rings (SSSR count). The maximum absolute atomic E-state index is 11.3. The van der Waals surface area contributed by atoms with Crippen molar-refractivity contribution in [3.05, 3.63) is 36.1 Å². The summed E-state index contributed by atoms with van der Waals surface area (Å²) in [6, 6.07) is 8.73. The number of benzene rings is 1. The number of carbonyl (C=O) groups excluding carboxylic acids is 1. The molecule has 1 aromatic carbocycles. The molecule has 2 aromatic heterocycles. The number of methoxy groups -OCH3 is 2. The van der Waals surface area contributed by atoms with Crippen molar-refractivity contribution in [1.29, 1.82) is 0 Å². The average Bonchev–Trinajstić information content (AvgIpc) is 3.45. The molecular weight excluding hydrogens is 396 g/mol. The van der Waals surface area contributed by atoms with Crippen LogP contribution >= 0.6 is 11.8 Å². The number of amides is 2. The van der Waals surface area contributed by atoms with Crippen LogP contribution in [0, 0.1) is 6.92 Å². The molecule has 29 heavy (non-hydrogen) atoms. The number of rotatable bonds is 7. The third-order valence-electron chi connectivity index (χ3n) is 4.17. The minimum atomic E-state index is -0.449. The zero-order chi connectivity index (χ0) is 20.4. The third kappa shape index (κ3) is 3.68. The summed E-state index contributed by atoms with van der Waals surface area (Å²) < 4.78 is 18.7. The van der Waals surface area contributed by atoms with Crippen LogP contribution < -0.4 is 14.8 Å². The molecule has 3 aromatic rings. The van der Waals surface area contributed by atoms with Crippen molar-refractivity contribution in [3.63, 3.8) is 0 Å². The summed E-state index contributed by atoms with van der Waals surface area (Å²) in [4.78, 5) is 11.3. The first-order valence-corrected chi connectivity index (χ1v) is 9.67. The van der Waals surface area contributed by atoms with E-state index in [0.29, 0.717) is 39.7 Å². The molecule has 0 saturated heterocycles. The number of ether oxygens (including phenoxy) is 2. The van der Waals surface area contributed by atoms with E-state index >= 15 is 0 Å². The second kappa shape index (κ2) is 7.95. The van der Waals surface area contributed by atoms with Gasteiger partial charge in [0.2, 0.25) is 5.82 Å². The fourth-order valence-corrected chi connectivity index (χ4v) is 3.74. The van der Waals surface area contributed by atoms with Crippen LogP contribution in [0.3, 0.4) is 0 Å². The number of urea groups is 1. The predicted molar refractivity (Wildman–Crippen MR) is 105 cm³/mol. The summed E-state index contributed by atoms with van der Waals surface area (Å²) >= 11 is 1.37. The van der Waals surface area contributed by atoms with Crippen molar-refractivity contribution < 1.29 is 18.7 Å². The molecule has 1 aliphatic rings. The van der Waals surface area contributed by atoms with Crippen LogP contribution in [0.4, 0.5) is 4.79 Å². The van der Waals surface area contributed by atoms with Crippen LogP contribution in [0.25, 0.3) is 17.3 Å². The molecule has 0 fully saturated rings. The van der Waals surface area contributed by atoms with Gasteiger partial charge < -0.3 is 19.2 Å². The Balaban J connectivity index is 1.80. The maximum Gasteiger partial charge on any atom is 0.361 e. The molecule has 2 amide bonds. The Bertz CT molecular complexity index is 1050. The van der Waals surface area contributed by atoms with Crippen molar-refractivity contribution in [2.75, 3.05) is 20.0 Å². The van der Waals surface area contributed by atoms with Crippen molar-refractivity contribution in [1.82, 2.24) is 20.1 Å². The highest BCUT2D eigenvalue weighted by atomic mass is 32.2. The Morgan fingerprint density at radius 3 is 2.52 bits per heavy atom. The van der Waals surface area contributed by atoms with Crippen LogP contribution in [-0.4, -0.2) is 46.9 Å². The van der Waals surface area contributed by atoms with Crippen LogP contribution in [0.1, 0.15) is 5.76 Å². The lowest BCUT2D eigenvalue weighted by molar-refractivity contribution is 0.251. The molecule has 1 N–H and O–H groups in total. The largest absolute Gasteiger partial charge is 0.494 e. The van der Waals surface area contributed by atoms with E-state index in [1.165, 1.54) is 11.8 Å². The van der Waals surface area contributed by atoms with Gasteiger partial charge in [-0.25, -0.2) is 4.79 Å². The predicted octanol–water partition coefficient (Wildman–Crippen LogP) is 3.45. The molecule has 11 heteroatoms. The zero-order valence-electron chi connectivity index (χ0n) is 15.9. The lowest BCUT2D eigenvalue weighted by atomic mass is 10.2. The van der Waals surface area contributed by atoms with Crippen molar-refractivity contribution in [3.8, 4) is 28.8 Å². The zero-order valence-corrected chi connectivity index (χ0v) is 16.8. The van der Waals surface area contributed by atoms with Crippen molar-refractivity contribution in [2.24, 2.45) is 10.2 Å². The van der Waals surface area contributed by atoms with E-state index < -0.39 is 12.2 Å². The molecule has 0 bridgehead atoms. The molecular formula is C18H18N6O4S. The number of hydrogen-bond donors (Lipinski definition) is 1. The molecule has 0 radical (unpaired) electrons. The number of aromatic nitrogens is 3. The first-order valence-electron chi connectivity index (χ1n) is 8.68. The van der Waals surface area contributed by atoms with Gasteiger partial charge in [0.25, 0.3) is 0 Å². The Morgan fingerprint density at radius 2 is 1.93 bits per heavy atom. The van der Waals surface area contributed by atoms with Gasteiger partial charge in [0.05, 0.1) is 14.2 Å². The fourth-order valence-electron chi connectivity index (χ4n) is 2.88. The van der Waals surface area contributed by atoms with Crippen LogP contribution in [0.15, 0.2) is 50.1 Å². The van der Waals surface area contributed by atoms with Crippen molar-refractivity contribution in [2.45, 2.75) is 18.2 Å². The molecule has 0 saturated carbocycles. The summed E-state index contributed by atoms with van der Waals surface area (Å²) in [5.74, 6) is 3.42. The number of aryl methyl sites for hydroxylation is 1. The molecule has 10 nitrogen and oxygen atoms in total. The van der Waals surface area contributed by atoms with Gasteiger partial charge in [0.1, 0.15) is 22.9 Å². The highest BCUT2D eigenvalue weighted by Crippen LogP contribution is 2.38. The van der Waals surface area contributed by atoms with E-state index in [4.69, 9.17) is 13.9 Å². The second-order valence-electron chi connectivity index (χ2n) is 6.05. The Kier molecular flexibility index (Phi) is 5.21. The third-order valence-corrected chi connectivity index (χ3v) is 5.17. The number of azo groups is 1. The van der Waals surface area contributed by atoms with E-state index in [-0.39, 0.29) is 0 Å². The molecule has 1 aliphatic heterocycles. The number of hydrogen-bond acceptors (Lipinski definition) is 8. The number of thioether (sulfide) groups is 1. The molecule has 0 aliphatic carbocycles. The van der Waals surface area contributed by atoms with Gasteiger partial charge in [-0.1, -0.05) is 22.9 Å².